The summed E-state index contributed by atoms with van der Waals surface area (Å²) < 4.78 is 0.692. The number of fused-ring (bicyclic) bond motifs is 1. The van der Waals surface area contributed by atoms with Gasteiger partial charge in [0.15, 0.2) is 4.34 Å². The molecule has 2 aromatic carbocycles. The molecule has 0 saturated carbocycles. The van der Waals surface area contributed by atoms with Crippen LogP contribution >= 0.6 is 23.1 Å². The first-order valence-corrected chi connectivity index (χ1v) is 13.1. The molecule has 0 spiro atoms. The predicted octanol–water partition coefficient (Wildman–Crippen LogP) is 2.21. The van der Waals surface area contributed by atoms with E-state index in [4.69, 9.17) is 0 Å². The summed E-state index contributed by atoms with van der Waals surface area (Å²) in [6.45, 7) is 1.74. The molecular weight excluding hydrogens is 500 g/mol. The summed E-state index contributed by atoms with van der Waals surface area (Å²) in [7, 11) is 0. The van der Waals surface area contributed by atoms with Crippen molar-refractivity contribution in [3.8, 4) is 0 Å². The highest BCUT2D eigenvalue weighted by Gasteiger charge is 2.37. The van der Waals surface area contributed by atoms with Crippen LogP contribution in [0, 0.1) is 0 Å². The van der Waals surface area contributed by atoms with Crippen LogP contribution in [0.4, 0.5) is 10.8 Å². The first-order chi connectivity index (χ1) is 17.5. The van der Waals surface area contributed by atoms with E-state index in [0.29, 0.717) is 41.6 Å². The van der Waals surface area contributed by atoms with Gasteiger partial charge in [-0.3, -0.25) is 24.1 Å². The van der Waals surface area contributed by atoms with Crippen LogP contribution in [0.15, 0.2) is 58.9 Å². The van der Waals surface area contributed by atoms with Gasteiger partial charge in [-0.25, -0.2) is 0 Å². The van der Waals surface area contributed by atoms with Gasteiger partial charge in [0.2, 0.25) is 16.9 Å². The maximum atomic E-state index is 12.8. The maximum Gasteiger partial charge on any atom is 0.262 e. The molecule has 0 unspecified atom stereocenters. The Morgan fingerprint density at radius 1 is 0.889 bits per heavy atom. The lowest BCUT2D eigenvalue weighted by molar-refractivity contribution is -0.131. The Bertz CT molecular complexity index is 1270. The van der Waals surface area contributed by atoms with Crippen molar-refractivity contribution in [1.29, 1.82) is 0 Å². The summed E-state index contributed by atoms with van der Waals surface area (Å²) in [4.78, 5) is 54.8. The summed E-state index contributed by atoms with van der Waals surface area (Å²) in [5.74, 6) is -1.02. The van der Waals surface area contributed by atoms with Gasteiger partial charge < -0.3 is 15.1 Å². The largest absolute Gasteiger partial charge is 0.343 e. The van der Waals surface area contributed by atoms with Crippen LogP contribution < -0.4 is 10.2 Å². The van der Waals surface area contributed by atoms with Crippen LogP contribution in [-0.2, 0) is 9.59 Å². The van der Waals surface area contributed by atoms with Crippen molar-refractivity contribution < 1.29 is 19.2 Å². The van der Waals surface area contributed by atoms with Gasteiger partial charge in [0, 0.05) is 31.9 Å². The quantitative estimate of drug-likeness (QED) is 0.371. The second-order valence-electron chi connectivity index (χ2n) is 8.16. The van der Waals surface area contributed by atoms with E-state index in [9.17, 15) is 19.2 Å². The molecule has 12 heteroatoms. The van der Waals surface area contributed by atoms with Gasteiger partial charge >= 0.3 is 0 Å². The molecule has 1 saturated heterocycles. The van der Waals surface area contributed by atoms with E-state index in [1.165, 1.54) is 23.1 Å². The molecule has 0 aliphatic carbocycles. The Morgan fingerprint density at radius 3 is 2.19 bits per heavy atom. The average molecular weight is 523 g/mol. The van der Waals surface area contributed by atoms with Gasteiger partial charge in [-0.1, -0.05) is 53.4 Å². The second-order valence-corrected chi connectivity index (χ2v) is 10.3. The number of rotatable bonds is 7. The number of piperazine rings is 1. The standard InChI is InChI=1S/C24H22N6O4S2/c31-19(25-16-6-2-1-3-7-16)15-35-24-27-26-23(36-24)29-12-10-28(11-13-29)20(32)14-30-21(33)17-8-4-5-9-18(17)22(30)34/h1-9H,10-15H2,(H,25,31). The zero-order valence-corrected chi connectivity index (χ0v) is 20.8. The molecule has 10 nitrogen and oxygen atoms in total. The molecule has 0 atom stereocenters. The van der Waals surface area contributed by atoms with Crippen molar-refractivity contribution in [3.05, 3.63) is 65.7 Å². The molecule has 5 rings (SSSR count). The fourth-order valence-corrected chi connectivity index (χ4v) is 5.69. The van der Waals surface area contributed by atoms with Crippen LogP contribution in [0.25, 0.3) is 0 Å². The van der Waals surface area contributed by atoms with E-state index in [2.05, 4.69) is 15.5 Å². The molecule has 36 heavy (non-hydrogen) atoms. The summed E-state index contributed by atoms with van der Waals surface area (Å²) in [6.07, 6.45) is 0. The number of carbonyl (C=O) groups is 4. The van der Waals surface area contributed by atoms with Crippen LogP contribution in [0.5, 0.6) is 0 Å². The van der Waals surface area contributed by atoms with E-state index in [-0.39, 0.29) is 24.1 Å². The van der Waals surface area contributed by atoms with Gasteiger partial charge in [-0.05, 0) is 24.3 Å². The fourth-order valence-electron chi connectivity index (χ4n) is 4.00. The van der Waals surface area contributed by atoms with Gasteiger partial charge in [-0.15, -0.1) is 10.2 Å². The number of nitrogens with zero attached hydrogens (tertiary/aromatic N) is 5. The third-order valence-electron chi connectivity index (χ3n) is 5.85. The molecule has 1 N–H and O–H groups in total. The first kappa shape index (κ1) is 23.9. The zero-order chi connectivity index (χ0) is 25.1. The number of benzene rings is 2. The predicted molar refractivity (Wildman–Crippen MR) is 136 cm³/mol. The number of nitrogens with one attached hydrogen (secondary N) is 1. The molecule has 1 fully saturated rings. The number of anilines is 2. The van der Waals surface area contributed by atoms with Gasteiger partial charge in [0.25, 0.3) is 11.8 Å². The van der Waals surface area contributed by atoms with E-state index in [1.54, 1.807) is 29.2 Å². The molecule has 3 heterocycles. The average Bonchev–Trinajstić information content (AvgIpc) is 3.48. The SMILES string of the molecule is O=C(CSc1nnc(N2CCN(C(=O)CN3C(=O)c4ccccc4C3=O)CC2)s1)Nc1ccccc1. The van der Waals surface area contributed by atoms with Crippen molar-refractivity contribution in [1.82, 2.24) is 20.0 Å². The Hall–Kier alpha value is -3.77. The van der Waals surface area contributed by atoms with E-state index in [1.807, 2.05) is 35.2 Å². The van der Waals surface area contributed by atoms with Gasteiger partial charge in [-0.2, -0.15) is 0 Å². The summed E-state index contributed by atoms with van der Waals surface area (Å²) in [5, 5.41) is 12.0. The van der Waals surface area contributed by atoms with Gasteiger partial charge in [0.05, 0.1) is 16.9 Å². The van der Waals surface area contributed by atoms with E-state index < -0.39 is 11.8 Å². The number of amides is 4. The monoisotopic (exact) mass is 522 g/mol. The van der Waals surface area contributed by atoms with E-state index in [0.717, 1.165) is 15.7 Å². The third kappa shape index (κ3) is 5.09. The van der Waals surface area contributed by atoms with Crippen molar-refractivity contribution in [3.63, 3.8) is 0 Å². The van der Waals surface area contributed by atoms with Crippen molar-refractivity contribution in [2.24, 2.45) is 0 Å². The normalized spacial score (nSPS) is 15.3. The molecule has 2 aliphatic heterocycles. The number of para-hydroxylation sites is 1. The minimum atomic E-state index is -0.432. The highest BCUT2D eigenvalue weighted by Crippen LogP contribution is 2.29. The third-order valence-corrected chi connectivity index (χ3v) is 7.97. The van der Waals surface area contributed by atoms with Crippen molar-refractivity contribution in [2.45, 2.75) is 4.34 Å². The Balaban J connectivity index is 1.09. The minimum absolute atomic E-state index is 0.117. The van der Waals surface area contributed by atoms with Crippen molar-refractivity contribution in [2.75, 3.05) is 48.7 Å². The summed E-state index contributed by atoms with van der Waals surface area (Å²) in [5.41, 5.74) is 1.42. The molecule has 0 bridgehead atoms. The molecule has 3 aromatic rings. The second kappa shape index (κ2) is 10.5. The molecule has 4 amide bonds. The Kier molecular flexibility index (Phi) is 6.96. The fraction of sp³-hybridized carbons (Fsp3) is 0.250. The Morgan fingerprint density at radius 2 is 1.53 bits per heavy atom. The maximum absolute atomic E-state index is 12.8. The molecular formula is C24H22N6O4S2. The van der Waals surface area contributed by atoms with Crippen LogP contribution in [0.1, 0.15) is 20.7 Å². The molecule has 1 aromatic heterocycles. The van der Waals surface area contributed by atoms with Crippen LogP contribution in [0.2, 0.25) is 0 Å². The number of aromatic nitrogens is 2. The highest BCUT2D eigenvalue weighted by atomic mass is 32.2. The number of imide groups is 1. The highest BCUT2D eigenvalue weighted by molar-refractivity contribution is 8.01. The summed E-state index contributed by atoms with van der Waals surface area (Å²) >= 11 is 2.73. The minimum Gasteiger partial charge on any atom is -0.343 e. The number of carbonyl (C=O) groups excluding carboxylic acids is 4. The lowest BCUT2D eigenvalue weighted by Gasteiger charge is -2.34. The molecule has 0 radical (unpaired) electrons. The lowest BCUT2D eigenvalue weighted by Crippen LogP contribution is -2.51. The van der Waals surface area contributed by atoms with Crippen LogP contribution in [0.3, 0.4) is 0 Å². The molecule has 184 valence electrons. The lowest BCUT2D eigenvalue weighted by atomic mass is 10.1. The zero-order valence-electron chi connectivity index (χ0n) is 19.1. The molecule has 2 aliphatic rings. The van der Waals surface area contributed by atoms with Crippen molar-refractivity contribution >= 4 is 57.5 Å². The Labute approximate surface area is 215 Å². The topological polar surface area (TPSA) is 116 Å². The number of hydrogen-bond donors (Lipinski definition) is 1. The first-order valence-electron chi connectivity index (χ1n) is 11.3. The van der Waals surface area contributed by atoms with Gasteiger partial charge in [0.1, 0.15) is 6.54 Å². The van der Waals surface area contributed by atoms with Crippen LogP contribution in [-0.4, -0.2) is 82.1 Å². The number of hydrogen-bond acceptors (Lipinski definition) is 9. The summed E-state index contributed by atoms with van der Waals surface area (Å²) in [6, 6.07) is 15.9. The van der Waals surface area contributed by atoms with E-state index >= 15 is 0 Å². The number of thioether (sulfide) groups is 1. The smallest absolute Gasteiger partial charge is 0.262 e.